The maximum Gasteiger partial charge on any atom is 0.309 e. The van der Waals surface area contributed by atoms with Crippen molar-refractivity contribution in [1.29, 1.82) is 0 Å². The summed E-state index contributed by atoms with van der Waals surface area (Å²) in [6, 6.07) is 4.49. The molecular formula is C10H12N2O3. The topological polar surface area (TPSA) is 84.9 Å². The van der Waals surface area contributed by atoms with Crippen LogP contribution in [0.25, 0.3) is 0 Å². The lowest BCUT2D eigenvalue weighted by molar-refractivity contribution is -0.132. The van der Waals surface area contributed by atoms with Crippen molar-refractivity contribution in [3.63, 3.8) is 0 Å². The normalized spacial score (nSPS) is 11.2. The zero-order valence-electron chi connectivity index (χ0n) is 8.52. The molecule has 3 N–H and O–H groups in total. The van der Waals surface area contributed by atoms with Crippen molar-refractivity contribution in [2.45, 2.75) is 6.92 Å². The lowest BCUT2D eigenvalue weighted by atomic mass is 10.2. The van der Waals surface area contributed by atoms with Gasteiger partial charge < -0.3 is 15.6 Å². The van der Waals surface area contributed by atoms with E-state index in [2.05, 4.69) is 4.99 Å². The predicted molar refractivity (Wildman–Crippen MR) is 56.7 cm³/mol. The van der Waals surface area contributed by atoms with Gasteiger partial charge in [0.25, 0.3) is 0 Å². The molecule has 0 spiro atoms. The highest BCUT2D eigenvalue weighted by atomic mass is 16.5. The van der Waals surface area contributed by atoms with Crippen molar-refractivity contribution < 1.29 is 14.6 Å². The zero-order chi connectivity index (χ0) is 11.4. The molecule has 0 saturated heterocycles. The van der Waals surface area contributed by atoms with Crippen molar-refractivity contribution in [3.8, 4) is 5.75 Å². The van der Waals surface area contributed by atoms with Crippen LogP contribution in [0.15, 0.2) is 23.2 Å². The Bertz CT molecular complexity index is 413. The molecule has 0 amide bonds. The summed E-state index contributed by atoms with van der Waals surface area (Å²) in [7, 11) is 1.47. The van der Waals surface area contributed by atoms with Gasteiger partial charge in [-0.2, -0.15) is 0 Å². The van der Waals surface area contributed by atoms with Crippen LogP contribution in [0.2, 0.25) is 0 Å². The van der Waals surface area contributed by atoms with E-state index in [0.29, 0.717) is 11.3 Å². The molecule has 80 valence electrons. The lowest BCUT2D eigenvalue weighted by Gasteiger charge is -2.07. The van der Waals surface area contributed by atoms with Gasteiger partial charge in [0.1, 0.15) is 5.75 Å². The van der Waals surface area contributed by atoms with Gasteiger partial charge in [0, 0.05) is 25.7 Å². The molecule has 0 aromatic heterocycles. The number of phenols is 1. The maximum atomic E-state index is 10.8. The number of carbonyl (C=O) groups is 1. The predicted octanol–water partition coefficient (Wildman–Crippen LogP) is 0.914. The summed E-state index contributed by atoms with van der Waals surface area (Å²) in [6.45, 7) is 1.26. The first-order chi connectivity index (χ1) is 7.04. The number of nitrogen functional groups attached to an aromatic ring is 1. The molecule has 0 aliphatic rings. The second-order valence-electron chi connectivity index (χ2n) is 2.90. The molecule has 15 heavy (non-hydrogen) atoms. The van der Waals surface area contributed by atoms with Crippen molar-refractivity contribution in [2.75, 3.05) is 12.8 Å². The van der Waals surface area contributed by atoms with Gasteiger partial charge in [-0.3, -0.25) is 9.79 Å². The van der Waals surface area contributed by atoms with Gasteiger partial charge >= 0.3 is 5.97 Å². The number of ether oxygens (including phenoxy) is 1. The van der Waals surface area contributed by atoms with Crippen molar-refractivity contribution in [1.82, 2.24) is 0 Å². The highest BCUT2D eigenvalue weighted by molar-refractivity contribution is 6.02. The SMILES string of the molecule is CN=C(OC(C)=O)c1ccc(N)cc1O. The maximum absolute atomic E-state index is 10.8. The van der Waals surface area contributed by atoms with Crippen LogP contribution in [0.1, 0.15) is 12.5 Å². The Morgan fingerprint density at radius 2 is 2.20 bits per heavy atom. The number of hydrogen-bond acceptors (Lipinski definition) is 5. The fourth-order valence-corrected chi connectivity index (χ4v) is 1.09. The lowest BCUT2D eigenvalue weighted by Crippen LogP contribution is -2.11. The molecule has 1 aromatic carbocycles. The zero-order valence-corrected chi connectivity index (χ0v) is 8.52. The number of aromatic hydroxyl groups is 1. The summed E-state index contributed by atoms with van der Waals surface area (Å²) in [5, 5.41) is 9.55. The first-order valence-electron chi connectivity index (χ1n) is 4.28. The third kappa shape index (κ3) is 2.70. The highest BCUT2D eigenvalue weighted by Gasteiger charge is 2.11. The van der Waals surface area contributed by atoms with Gasteiger partial charge in [0.15, 0.2) is 0 Å². The quantitative estimate of drug-likeness (QED) is 0.311. The second kappa shape index (κ2) is 4.45. The molecule has 1 aromatic rings. The van der Waals surface area contributed by atoms with Crippen LogP contribution in [0.3, 0.4) is 0 Å². The average molecular weight is 208 g/mol. The number of phenolic OH excluding ortho intramolecular Hbond substituents is 1. The van der Waals surface area contributed by atoms with Crippen LogP contribution in [0.4, 0.5) is 5.69 Å². The summed E-state index contributed by atoms with van der Waals surface area (Å²) in [5.74, 6) is -0.497. The third-order valence-electron chi connectivity index (χ3n) is 1.70. The molecule has 5 nitrogen and oxygen atoms in total. The standard InChI is InChI=1S/C10H12N2O3/c1-6(13)15-10(12-2)8-4-3-7(11)5-9(8)14/h3-5,14H,11H2,1-2H3. The van der Waals surface area contributed by atoms with Gasteiger partial charge in [-0.25, -0.2) is 0 Å². The van der Waals surface area contributed by atoms with Crippen LogP contribution < -0.4 is 5.73 Å². The number of anilines is 1. The Kier molecular flexibility index (Phi) is 3.28. The molecule has 0 aliphatic carbocycles. The van der Waals surface area contributed by atoms with Crippen molar-refractivity contribution in [3.05, 3.63) is 23.8 Å². The first kappa shape index (κ1) is 11.0. The molecule has 0 radical (unpaired) electrons. The molecule has 0 heterocycles. The van der Waals surface area contributed by atoms with Gasteiger partial charge in [-0.15, -0.1) is 0 Å². The molecule has 0 fully saturated rings. The molecule has 0 atom stereocenters. The average Bonchev–Trinajstić information content (AvgIpc) is 2.14. The second-order valence-corrected chi connectivity index (χ2v) is 2.90. The van der Waals surface area contributed by atoms with Crippen LogP contribution in [0.5, 0.6) is 5.75 Å². The monoisotopic (exact) mass is 208 g/mol. The smallest absolute Gasteiger partial charge is 0.309 e. The minimum atomic E-state index is -0.494. The molecule has 1 rings (SSSR count). The molecule has 0 aliphatic heterocycles. The number of carbonyl (C=O) groups excluding carboxylic acids is 1. The van der Waals surface area contributed by atoms with Crippen LogP contribution in [0, 0.1) is 0 Å². The Labute approximate surface area is 87.2 Å². The number of rotatable bonds is 1. The first-order valence-corrected chi connectivity index (χ1v) is 4.28. The van der Waals surface area contributed by atoms with Gasteiger partial charge in [0.05, 0.1) is 5.56 Å². The van der Waals surface area contributed by atoms with E-state index in [0.717, 1.165) is 0 Å². The Morgan fingerprint density at radius 3 is 2.67 bits per heavy atom. The van der Waals surface area contributed by atoms with E-state index < -0.39 is 5.97 Å². The summed E-state index contributed by atoms with van der Waals surface area (Å²) < 4.78 is 4.82. The highest BCUT2D eigenvalue weighted by Crippen LogP contribution is 2.21. The Balaban J connectivity index is 3.08. The number of esters is 1. The van der Waals surface area contributed by atoms with E-state index in [4.69, 9.17) is 10.5 Å². The Morgan fingerprint density at radius 1 is 1.53 bits per heavy atom. The molecule has 5 heteroatoms. The molecule has 0 saturated carbocycles. The number of hydrogen-bond donors (Lipinski definition) is 2. The van der Waals surface area contributed by atoms with E-state index >= 15 is 0 Å². The number of nitrogens with two attached hydrogens (primary N) is 1. The summed E-state index contributed by atoms with van der Waals surface area (Å²) in [4.78, 5) is 14.5. The molecule has 0 bridgehead atoms. The van der Waals surface area contributed by atoms with Crippen LogP contribution in [-0.2, 0) is 9.53 Å². The summed E-state index contributed by atoms with van der Waals surface area (Å²) >= 11 is 0. The molecular weight excluding hydrogens is 196 g/mol. The van der Waals surface area contributed by atoms with Gasteiger partial charge in [-0.05, 0) is 12.1 Å². The van der Waals surface area contributed by atoms with E-state index in [9.17, 15) is 9.90 Å². The largest absolute Gasteiger partial charge is 0.507 e. The number of benzene rings is 1. The number of nitrogens with zero attached hydrogens (tertiary/aromatic N) is 1. The third-order valence-corrected chi connectivity index (χ3v) is 1.70. The van der Waals surface area contributed by atoms with E-state index in [1.807, 2.05) is 0 Å². The minimum Gasteiger partial charge on any atom is -0.507 e. The summed E-state index contributed by atoms with van der Waals surface area (Å²) in [6.07, 6.45) is 0. The fourth-order valence-electron chi connectivity index (χ4n) is 1.09. The van der Waals surface area contributed by atoms with Crippen LogP contribution in [-0.4, -0.2) is 24.0 Å². The van der Waals surface area contributed by atoms with Crippen molar-refractivity contribution >= 4 is 17.6 Å². The van der Waals surface area contributed by atoms with E-state index in [1.54, 1.807) is 6.07 Å². The Hall–Kier alpha value is -2.04. The summed E-state index contributed by atoms with van der Waals surface area (Å²) in [5.41, 5.74) is 6.22. The minimum absolute atomic E-state index is 0.0694. The van der Waals surface area contributed by atoms with E-state index in [1.165, 1.54) is 26.1 Å². The van der Waals surface area contributed by atoms with Crippen LogP contribution >= 0.6 is 0 Å². The fraction of sp³-hybridized carbons (Fsp3) is 0.200. The van der Waals surface area contributed by atoms with Gasteiger partial charge in [0.2, 0.25) is 5.90 Å². The van der Waals surface area contributed by atoms with Crippen molar-refractivity contribution in [2.24, 2.45) is 4.99 Å². The van der Waals surface area contributed by atoms with E-state index in [-0.39, 0.29) is 11.6 Å². The molecule has 0 unspecified atom stereocenters. The number of aliphatic imine (C=N–C) groups is 1. The van der Waals surface area contributed by atoms with Gasteiger partial charge in [-0.1, -0.05) is 0 Å².